The van der Waals surface area contributed by atoms with E-state index in [1.165, 1.54) is 18.3 Å². The van der Waals surface area contributed by atoms with Crippen molar-refractivity contribution in [2.75, 3.05) is 10.6 Å². The molecule has 9 nitrogen and oxygen atoms in total. The summed E-state index contributed by atoms with van der Waals surface area (Å²) in [6, 6.07) is 19.8. The molecule has 0 saturated carbocycles. The van der Waals surface area contributed by atoms with Crippen LogP contribution in [0.4, 0.5) is 21.8 Å². The number of nitrogens with zero attached hydrogens (tertiary/aromatic N) is 2. The summed E-state index contributed by atoms with van der Waals surface area (Å²) in [5.74, 6) is -0.706. The van der Waals surface area contributed by atoms with Gasteiger partial charge in [0.1, 0.15) is 22.3 Å². The number of benzene rings is 3. The van der Waals surface area contributed by atoms with Gasteiger partial charge in [-0.15, -0.1) is 0 Å². The van der Waals surface area contributed by atoms with Gasteiger partial charge in [-0.25, -0.2) is 9.37 Å². The predicted molar refractivity (Wildman–Crippen MR) is 133 cm³/mol. The molecule has 36 heavy (non-hydrogen) atoms. The van der Waals surface area contributed by atoms with Crippen molar-refractivity contribution in [3.8, 4) is 5.75 Å². The third-order valence-corrected chi connectivity index (χ3v) is 6.39. The SMILES string of the molecule is C[C@@H](Nc1nc(Nc2ccc(OS(=O)(=O)c3ccc(F)cc3)cc2)ncc1C(N)=O)c1ccccc1. The zero-order valence-corrected chi connectivity index (χ0v) is 19.9. The van der Waals surface area contributed by atoms with E-state index in [4.69, 9.17) is 9.92 Å². The first kappa shape index (κ1) is 24.6. The molecular formula is C25H22FN5O4S. The van der Waals surface area contributed by atoms with Crippen molar-refractivity contribution >= 4 is 33.5 Å². The van der Waals surface area contributed by atoms with E-state index < -0.39 is 21.8 Å². The van der Waals surface area contributed by atoms with Crippen molar-refractivity contribution < 1.29 is 21.8 Å². The van der Waals surface area contributed by atoms with Crippen LogP contribution in [0.15, 0.2) is 90.0 Å². The summed E-state index contributed by atoms with van der Waals surface area (Å²) in [4.78, 5) is 20.2. The number of aromatic nitrogens is 2. The molecule has 0 aliphatic carbocycles. The lowest BCUT2D eigenvalue weighted by Crippen LogP contribution is -2.18. The Labute approximate surface area is 207 Å². The number of hydrogen-bond acceptors (Lipinski definition) is 8. The van der Waals surface area contributed by atoms with Gasteiger partial charge < -0.3 is 20.6 Å². The van der Waals surface area contributed by atoms with Crippen molar-refractivity contribution in [3.05, 3.63) is 102 Å². The maximum atomic E-state index is 13.1. The highest BCUT2D eigenvalue weighted by Gasteiger charge is 2.18. The molecule has 1 atom stereocenters. The van der Waals surface area contributed by atoms with Gasteiger partial charge in [-0.2, -0.15) is 13.4 Å². The second-order valence-electron chi connectivity index (χ2n) is 7.74. The van der Waals surface area contributed by atoms with E-state index >= 15 is 0 Å². The maximum absolute atomic E-state index is 13.1. The van der Waals surface area contributed by atoms with Crippen LogP contribution in [0.5, 0.6) is 5.75 Å². The van der Waals surface area contributed by atoms with Crippen LogP contribution in [0.2, 0.25) is 0 Å². The molecule has 0 aliphatic heterocycles. The van der Waals surface area contributed by atoms with Crippen LogP contribution in [0.1, 0.15) is 28.9 Å². The summed E-state index contributed by atoms with van der Waals surface area (Å²) in [6.07, 6.45) is 1.32. The number of rotatable bonds is 9. The van der Waals surface area contributed by atoms with Crippen molar-refractivity contribution in [1.82, 2.24) is 9.97 Å². The van der Waals surface area contributed by atoms with E-state index in [0.717, 1.165) is 29.8 Å². The van der Waals surface area contributed by atoms with Gasteiger partial charge in [0.05, 0.1) is 5.56 Å². The summed E-state index contributed by atoms with van der Waals surface area (Å²) in [7, 11) is -4.12. The highest BCUT2D eigenvalue weighted by molar-refractivity contribution is 7.87. The number of carbonyl (C=O) groups excluding carboxylic acids is 1. The molecule has 1 amide bonds. The number of nitrogens with one attached hydrogen (secondary N) is 2. The number of primary amides is 1. The van der Waals surface area contributed by atoms with E-state index in [1.54, 1.807) is 12.1 Å². The zero-order valence-electron chi connectivity index (χ0n) is 19.1. The molecule has 3 aromatic carbocycles. The lowest BCUT2D eigenvalue weighted by Gasteiger charge is -2.17. The maximum Gasteiger partial charge on any atom is 0.339 e. The molecule has 0 aliphatic rings. The highest BCUT2D eigenvalue weighted by Crippen LogP contribution is 2.25. The lowest BCUT2D eigenvalue weighted by atomic mass is 10.1. The number of amides is 1. The Balaban J connectivity index is 1.49. The number of nitrogens with two attached hydrogens (primary N) is 1. The minimum absolute atomic E-state index is 0.0638. The van der Waals surface area contributed by atoms with Crippen molar-refractivity contribution in [2.45, 2.75) is 17.9 Å². The van der Waals surface area contributed by atoms with Crippen LogP contribution in [0.25, 0.3) is 0 Å². The standard InChI is InChI=1S/C25H22FN5O4S/c1-16(17-5-3-2-4-6-17)29-24-22(23(27)32)15-28-25(31-24)30-19-9-11-20(12-10-19)35-36(33,34)21-13-7-18(26)8-14-21/h2-16H,1H3,(H2,27,32)(H2,28,29,30,31)/t16-/m1/s1. The van der Waals surface area contributed by atoms with Crippen LogP contribution in [0.3, 0.4) is 0 Å². The largest absolute Gasteiger partial charge is 0.379 e. The predicted octanol–water partition coefficient (Wildman–Crippen LogP) is 4.40. The minimum Gasteiger partial charge on any atom is -0.379 e. The quantitative estimate of drug-likeness (QED) is 0.284. The summed E-state index contributed by atoms with van der Waals surface area (Å²) in [6.45, 7) is 1.92. The Bertz CT molecular complexity index is 1470. The Morgan fingerprint density at radius 3 is 2.31 bits per heavy atom. The van der Waals surface area contributed by atoms with Crippen LogP contribution >= 0.6 is 0 Å². The molecule has 11 heteroatoms. The lowest BCUT2D eigenvalue weighted by molar-refractivity contribution is 0.100. The average molecular weight is 508 g/mol. The topological polar surface area (TPSA) is 136 Å². The van der Waals surface area contributed by atoms with Crippen LogP contribution in [-0.2, 0) is 10.1 Å². The summed E-state index contributed by atoms with van der Waals surface area (Å²) in [5, 5.41) is 6.18. The normalized spacial score (nSPS) is 11.9. The number of halogens is 1. The Kier molecular flexibility index (Phi) is 7.11. The van der Waals surface area contributed by atoms with Crippen LogP contribution in [0, 0.1) is 5.82 Å². The zero-order chi connectivity index (χ0) is 25.7. The first-order valence-electron chi connectivity index (χ1n) is 10.8. The van der Waals surface area contributed by atoms with E-state index in [2.05, 4.69) is 20.6 Å². The fourth-order valence-electron chi connectivity index (χ4n) is 3.26. The first-order chi connectivity index (χ1) is 17.2. The molecule has 4 rings (SSSR count). The summed E-state index contributed by atoms with van der Waals surface area (Å²) < 4.78 is 42.9. The Morgan fingerprint density at radius 2 is 1.67 bits per heavy atom. The van der Waals surface area contributed by atoms with Crippen molar-refractivity contribution in [3.63, 3.8) is 0 Å². The van der Waals surface area contributed by atoms with E-state index in [0.29, 0.717) is 5.69 Å². The molecule has 4 aromatic rings. The average Bonchev–Trinajstić information content (AvgIpc) is 2.86. The van der Waals surface area contributed by atoms with Gasteiger partial charge in [-0.3, -0.25) is 4.79 Å². The third-order valence-electron chi connectivity index (χ3n) is 5.13. The van der Waals surface area contributed by atoms with E-state index in [-0.39, 0.29) is 34.0 Å². The molecule has 0 fully saturated rings. The molecule has 0 bridgehead atoms. The van der Waals surface area contributed by atoms with Gasteiger partial charge in [-0.1, -0.05) is 30.3 Å². The Hall–Kier alpha value is -4.51. The first-order valence-corrected chi connectivity index (χ1v) is 12.2. The fraction of sp³-hybridized carbons (Fsp3) is 0.0800. The van der Waals surface area contributed by atoms with Gasteiger partial charge in [-0.05, 0) is 61.0 Å². The smallest absolute Gasteiger partial charge is 0.339 e. The van der Waals surface area contributed by atoms with Crippen molar-refractivity contribution in [2.24, 2.45) is 5.73 Å². The molecule has 0 radical (unpaired) electrons. The summed E-state index contributed by atoms with van der Waals surface area (Å²) >= 11 is 0. The second kappa shape index (κ2) is 10.4. The van der Waals surface area contributed by atoms with Crippen LogP contribution in [-0.4, -0.2) is 24.3 Å². The monoisotopic (exact) mass is 507 g/mol. The molecule has 0 saturated heterocycles. The molecule has 1 heterocycles. The van der Waals surface area contributed by atoms with E-state index in [1.807, 2.05) is 37.3 Å². The van der Waals surface area contributed by atoms with Crippen LogP contribution < -0.4 is 20.6 Å². The number of carbonyl (C=O) groups is 1. The van der Waals surface area contributed by atoms with Gasteiger partial charge >= 0.3 is 10.1 Å². The second-order valence-corrected chi connectivity index (χ2v) is 9.28. The third kappa shape index (κ3) is 5.94. The Morgan fingerprint density at radius 1 is 1.00 bits per heavy atom. The van der Waals surface area contributed by atoms with E-state index in [9.17, 15) is 17.6 Å². The number of hydrogen-bond donors (Lipinski definition) is 3. The van der Waals surface area contributed by atoms with Gasteiger partial charge in [0.25, 0.3) is 5.91 Å². The molecule has 0 unspecified atom stereocenters. The van der Waals surface area contributed by atoms with Gasteiger partial charge in [0, 0.05) is 17.9 Å². The molecular weight excluding hydrogens is 485 g/mol. The van der Waals surface area contributed by atoms with Gasteiger partial charge in [0.2, 0.25) is 5.95 Å². The highest BCUT2D eigenvalue weighted by atomic mass is 32.2. The van der Waals surface area contributed by atoms with Crippen molar-refractivity contribution in [1.29, 1.82) is 0 Å². The minimum atomic E-state index is -4.12. The number of anilines is 3. The fourth-order valence-corrected chi connectivity index (χ4v) is 4.19. The van der Waals surface area contributed by atoms with Gasteiger partial charge in [0.15, 0.2) is 0 Å². The molecule has 4 N–H and O–H groups in total. The summed E-state index contributed by atoms with van der Waals surface area (Å²) in [5.41, 5.74) is 7.15. The molecule has 184 valence electrons. The molecule has 1 aromatic heterocycles. The molecule has 0 spiro atoms.